The van der Waals surface area contributed by atoms with Crippen molar-refractivity contribution in [2.75, 3.05) is 26.2 Å². The number of hydrogen-bond donors (Lipinski definition) is 2. The van der Waals surface area contributed by atoms with Crippen LogP contribution in [-0.4, -0.2) is 48.9 Å². The van der Waals surface area contributed by atoms with Gasteiger partial charge in [-0.2, -0.15) is 0 Å². The fourth-order valence-electron chi connectivity index (χ4n) is 2.20. The van der Waals surface area contributed by atoms with Gasteiger partial charge in [0.25, 0.3) is 0 Å². The fourth-order valence-corrected chi connectivity index (χ4v) is 2.20. The van der Waals surface area contributed by atoms with Crippen LogP contribution in [0, 0.1) is 0 Å². The van der Waals surface area contributed by atoms with Gasteiger partial charge in [0.05, 0.1) is 0 Å². The summed E-state index contributed by atoms with van der Waals surface area (Å²) < 4.78 is 0. The number of carbonyl (C=O) groups is 2. The molecule has 0 unspecified atom stereocenters. The molecule has 2 aliphatic rings. The first kappa shape index (κ1) is 13.3. The largest absolute Gasteiger partial charge is 0.356 e. The molecular weight excluding hydrogens is 230 g/mol. The van der Waals surface area contributed by atoms with Crippen LogP contribution in [0.4, 0.5) is 0 Å². The molecule has 2 N–H and O–H groups in total. The molecule has 5 nitrogen and oxygen atoms in total. The number of carbonyl (C=O) groups excluding carboxylic acids is 2. The molecule has 18 heavy (non-hydrogen) atoms. The van der Waals surface area contributed by atoms with Crippen LogP contribution in [-0.2, 0) is 9.59 Å². The highest BCUT2D eigenvalue weighted by Gasteiger charge is 2.20. The SMILES string of the molecule is O=C(CCNC1CC1)NCCC(=O)N1CCCC1. The molecule has 1 saturated heterocycles. The van der Waals surface area contributed by atoms with E-state index in [2.05, 4.69) is 10.6 Å². The van der Waals surface area contributed by atoms with E-state index in [1.54, 1.807) is 0 Å². The molecule has 2 fully saturated rings. The molecule has 0 aromatic heterocycles. The molecule has 1 aliphatic carbocycles. The second-order valence-corrected chi connectivity index (χ2v) is 5.17. The van der Waals surface area contributed by atoms with E-state index < -0.39 is 0 Å². The molecule has 0 spiro atoms. The quantitative estimate of drug-likeness (QED) is 0.684. The monoisotopic (exact) mass is 253 g/mol. The van der Waals surface area contributed by atoms with Crippen LogP contribution in [0.3, 0.4) is 0 Å². The zero-order valence-electron chi connectivity index (χ0n) is 10.9. The summed E-state index contributed by atoms with van der Waals surface area (Å²) in [6.07, 6.45) is 5.66. The number of amides is 2. The van der Waals surface area contributed by atoms with Gasteiger partial charge in [0.15, 0.2) is 0 Å². The molecule has 1 aliphatic heterocycles. The van der Waals surface area contributed by atoms with Gasteiger partial charge in [0.2, 0.25) is 11.8 Å². The Morgan fingerprint density at radius 3 is 2.44 bits per heavy atom. The van der Waals surface area contributed by atoms with Crippen LogP contribution in [0.1, 0.15) is 38.5 Å². The predicted molar refractivity (Wildman–Crippen MR) is 69.1 cm³/mol. The van der Waals surface area contributed by atoms with Gasteiger partial charge < -0.3 is 15.5 Å². The summed E-state index contributed by atoms with van der Waals surface area (Å²) in [4.78, 5) is 25.1. The molecule has 0 radical (unpaired) electrons. The second kappa shape index (κ2) is 6.73. The molecule has 2 rings (SSSR count). The van der Waals surface area contributed by atoms with Crippen molar-refractivity contribution in [3.8, 4) is 0 Å². The number of nitrogens with zero attached hydrogens (tertiary/aromatic N) is 1. The zero-order valence-corrected chi connectivity index (χ0v) is 10.9. The minimum absolute atomic E-state index is 0.0392. The molecule has 0 aromatic carbocycles. The van der Waals surface area contributed by atoms with Crippen LogP contribution < -0.4 is 10.6 Å². The van der Waals surface area contributed by atoms with Crippen molar-refractivity contribution in [2.45, 2.75) is 44.6 Å². The number of nitrogens with one attached hydrogen (secondary N) is 2. The van der Waals surface area contributed by atoms with E-state index in [4.69, 9.17) is 0 Å². The summed E-state index contributed by atoms with van der Waals surface area (Å²) >= 11 is 0. The first-order chi connectivity index (χ1) is 8.75. The highest BCUT2D eigenvalue weighted by molar-refractivity contribution is 5.79. The smallest absolute Gasteiger partial charge is 0.224 e. The van der Waals surface area contributed by atoms with Gasteiger partial charge in [-0.1, -0.05) is 0 Å². The Bertz CT molecular complexity index is 297. The molecular formula is C13H23N3O2. The van der Waals surface area contributed by atoms with Gasteiger partial charge in [0, 0.05) is 45.1 Å². The Labute approximate surface area is 108 Å². The van der Waals surface area contributed by atoms with Crippen LogP contribution in [0.2, 0.25) is 0 Å². The van der Waals surface area contributed by atoms with Crippen molar-refractivity contribution in [3.05, 3.63) is 0 Å². The van der Waals surface area contributed by atoms with Gasteiger partial charge in [-0.15, -0.1) is 0 Å². The van der Waals surface area contributed by atoms with Gasteiger partial charge in [-0.25, -0.2) is 0 Å². The Kier molecular flexibility index (Phi) is 4.99. The summed E-state index contributed by atoms with van der Waals surface area (Å²) in [6, 6.07) is 0.648. The molecule has 0 aromatic rings. The van der Waals surface area contributed by atoms with E-state index in [1.807, 2.05) is 4.90 Å². The standard InChI is InChI=1S/C13H23N3O2/c17-12(5-7-14-11-3-4-11)15-8-6-13(18)16-9-1-2-10-16/h11,14H,1-10H2,(H,15,17). The topological polar surface area (TPSA) is 61.4 Å². The number of rotatable bonds is 7. The molecule has 1 saturated carbocycles. The lowest BCUT2D eigenvalue weighted by Crippen LogP contribution is -2.33. The normalized spacial score (nSPS) is 19.0. The van der Waals surface area contributed by atoms with Crippen LogP contribution in [0.5, 0.6) is 0 Å². The summed E-state index contributed by atoms with van der Waals surface area (Å²) in [5.74, 6) is 0.210. The van der Waals surface area contributed by atoms with Crippen molar-refractivity contribution in [1.29, 1.82) is 0 Å². The highest BCUT2D eigenvalue weighted by atomic mass is 16.2. The van der Waals surface area contributed by atoms with Crippen molar-refractivity contribution in [3.63, 3.8) is 0 Å². The Balaban J connectivity index is 1.48. The van der Waals surface area contributed by atoms with Gasteiger partial charge in [-0.05, 0) is 25.7 Å². The maximum atomic E-state index is 11.7. The zero-order chi connectivity index (χ0) is 12.8. The Hall–Kier alpha value is -1.10. The van der Waals surface area contributed by atoms with Crippen molar-refractivity contribution in [2.24, 2.45) is 0 Å². The lowest BCUT2D eigenvalue weighted by molar-refractivity contribution is -0.130. The third-order valence-electron chi connectivity index (χ3n) is 3.48. The van der Waals surface area contributed by atoms with Crippen molar-refractivity contribution in [1.82, 2.24) is 15.5 Å². The lowest BCUT2D eigenvalue weighted by Gasteiger charge is -2.15. The maximum absolute atomic E-state index is 11.7. The molecule has 0 atom stereocenters. The van der Waals surface area contributed by atoms with Crippen molar-refractivity contribution < 1.29 is 9.59 Å². The molecule has 1 heterocycles. The van der Waals surface area contributed by atoms with E-state index in [1.165, 1.54) is 12.8 Å². The van der Waals surface area contributed by atoms with Crippen LogP contribution in [0.25, 0.3) is 0 Å². The fraction of sp³-hybridized carbons (Fsp3) is 0.846. The van der Waals surface area contributed by atoms with Gasteiger partial charge >= 0.3 is 0 Å². The summed E-state index contributed by atoms with van der Waals surface area (Å²) in [7, 11) is 0. The van der Waals surface area contributed by atoms with Crippen LogP contribution in [0.15, 0.2) is 0 Å². The van der Waals surface area contributed by atoms with E-state index in [0.29, 0.717) is 25.4 Å². The van der Waals surface area contributed by atoms with E-state index >= 15 is 0 Å². The third kappa shape index (κ3) is 4.64. The lowest BCUT2D eigenvalue weighted by atomic mass is 10.3. The third-order valence-corrected chi connectivity index (χ3v) is 3.48. The minimum Gasteiger partial charge on any atom is -0.356 e. The first-order valence-electron chi connectivity index (χ1n) is 7.03. The van der Waals surface area contributed by atoms with Crippen LogP contribution >= 0.6 is 0 Å². The van der Waals surface area contributed by atoms with Gasteiger partial charge in [0.1, 0.15) is 0 Å². The molecule has 102 valence electrons. The minimum atomic E-state index is 0.0392. The molecule has 2 amide bonds. The van der Waals surface area contributed by atoms with E-state index in [0.717, 1.165) is 32.5 Å². The summed E-state index contributed by atoms with van der Waals surface area (Å²) in [6.45, 7) is 2.99. The number of hydrogen-bond acceptors (Lipinski definition) is 3. The maximum Gasteiger partial charge on any atom is 0.224 e. The second-order valence-electron chi connectivity index (χ2n) is 5.17. The van der Waals surface area contributed by atoms with Gasteiger partial charge in [-0.3, -0.25) is 9.59 Å². The summed E-state index contributed by atoms with van der Waals surface area (Å²) in [5.41, 5.74) is 0. The summed E-state index contributed by atoms with van der Waals surface area (Å²) in [5, 5.41) is 6.10. The highest BCUT2D eigenvalue weighted by Crippen LogP contribution is 2.18. The molecule has 0 bridgehead atoms. The molecule has 5 heteroatoms. The Morgan fingerprint density at radius 1 is 1.06 bits per heavy atom. The number of likely N-dealkylation sites (tertiary alicyclic amines) is 1. The average Bonchev–Trinajstić information content (AvgIpc) is 3.01. The van der Waals surface area contributed by atoms with E-state index in [9.17, 15) is 9.59 Å². The Morgan fingerprint density at radius 2 is 1.78 bits per heavy atom. The predicted octanol–water partition coefficient (Wildman–Crippen LogP) is 0.257. The first-order valence-corrected chi connectivity index (χ1v) is 7.03. The van der Waals surface area contributed by atoms with E-state index in [-0.39, 0.29) is 11.8 Å². The van der Waals surface area contributed by atoms with Crippen molar-refractivity contribution >= 4 is 11.8 Å². The average molecular weight is 253 g/mol.